The summed E-state index contributed by atoms with van der Waals surface area (Å²) in [5.41, 5.74) is 1.70. The van der Waals surface area contributed by atoms with Crippen LogP contribution in [0.4, 0.5) is 5.69 Å². The Balaban J connectivity index is 1.91. The maximum Gasteiger partial charge on any atom is 0.232 e. The van der Waals surface area contributed by atoms with E-state index in [9.17, 15) is 4.57 Å². The van der Waals surface area contributed by atoms with Crippen molar-refractivity contribution >= 4 is 47.2 Å². The van der Waals surface area contributed by atoms with Crippen LogP contribution in [0.2, 0.25) is 5.02 Å². The monoisotopic (exact) mass is 398 g/mol. The molecule has 1 saturated heterocycles. The molecule has 4 rings (SSSR count). The average Bonchev–Trinajstić information content (AvgIpc) is 2.95. The summed E-state index contributed by atoms with van der Waals surface area (Å²) in [4.78, 5) is 0. The fraction of sp³-hybridized carbons (Fsp3) is 0.0500. The van der Waals surface area contributed by atoms with Crippen LogP contribution in [-0.4, -0.2) is 5.11 Å². The number of nitrogens with zero attached hydrogens (tertiary/aromatic N) is 1. The lowest BCUT2D eigenvalue weighted by Gasteiger charge is -2.28. The van der Waals surface area contributed by atoms with Crippen LogP contribution in [0.25, 0.3) is 0 Å². The van der Waals surface area contributed by atoms with Gasteiger partial charge in [0.05, 0.1) is 5.69 Å². The number of thiocarbonyl (C=S) groups is 1. The highest BCUT2D eigenvalue weighted by molar-refractivity contribution is 7.84. The molecule has 26 heavy (non-hydrogen) atoms. The maximum absolute atomic E-state index is 14.5. The molecule has 0 radical (unpaired) electrons. The van der Waals surface area contributed by atoms with Crippen molar-refractivity contribution in [1.82, 2.24) is 5.32 Å². The number of nitrogens with one attached hydrogen (secondary N) is 1. The molecule has 1 heterocycles. The van der Waals surface area contributed by atoms with Gasteiger partial charge in [0.25, 0.3) is 0 Å². The molecule has 0 spiro atoms. The van der Waals surface area contributed by atoms with Crippen molar-refractivity contribution in [3.05, 3.63) is 95.5 Å². The molecule has 0 amide bonds. The van der Waals surface area contributed by atoms with Crippen LogP contribution >= 0.6 is 31.1 Å². The highest BCUT2D eigenvalue weighted by Crippen LogP contribution is 2.64. The minimum Gasteiger partial charge on any atom is -0.346 e. The zero-order chi connectivity index (χ0) is 18.1. The predicted molar refractivity (Wildman–Crippen MR) is 113 cm³/mol. The van der Waals surface area contributed by atoms with Gasteiger partial charge in [-0.15, -0.1) is 0 Å². The molecule has 0 bridgehead atoms. The van der Waals surface area contributed by atoms with Gasteiger partial charge in [-0.1, -0.05) is 60.1 Å². The number of hydrogen-bond donors (Lipinski definition) is 1. The lowest BCUT2D eigenvalue weighted by atomic mass is 10.2. The third-order valence-corrected chi connectivity index (χ3v) is 8.29. The van der Waals surface area contributed by atoms with Gasteiger partial charge in [-0.05, 0) is 54.2 Å². The third-order valence-electron chi connectivity index (χ3n) is 4.41. The number of hydrogen-bond acceptors (Lipinski definition) is 2. The minimum absolute atomic E-state index is 0.435. The first kappa shape index (κ1) is 17.3. The minimum atomic E-state index is -3.12. The van der Waals surface area contributed by atoms with Gasteiger partial charge in [0.15, 0.2) is 5.11 Å². The highest BCUT2D eigenvalue weighted by Gasteiger charge is 2.49. The van der Waals surface area contributed by atoms with Gasteiger partial charge in [0.1, 0.15) is 5.78 Å². The third kappa shape index (κ3) is 2.84. The highest BCUT2D eigenvalue weighted by atomic mass is 35.5. The van der Waals surface area contributed by atoms with Gasteiger partial charge in [-0.2, -0.15) is 0 Å². The average molecular weight is 399 g/mol. The fourth-order valence-corrected chi connectivity index (χ4v) is 7.05. The first-order chi connectivity index (χ1) is 12.6. The molecule has 0 saturated carbocycles. The summed E-state index contributed by atoms with van der Waals surface area (Å²) >= 11 is 11.6. The van der Waals surface area contributed by atoms with E-state index in [1.54, 1.807) is 4.67 Å². The van der Waals surface area contributed by atoms with E-state index in [-0.39, 0.29) is 0 Å². The smallest absolute Gasteiger partial charge is 0.232 e. The molecule has 130 valence electrons. The van der Waals surface area contributed by atoms with Crippen molar-refractivity contribution in [2.75, 3.05) is 4.67 Å². The standard InChI is InChI=1S/C20H16ClN2OPS/c21-16-13-11-15(12-14-16)19-22-20(26)23(17-7-3-1-4-8-17)25(19,24)18-9-5-2-6-10-18/h1-14,19H,(H,22,26)/t19-,25-/m1/s1. The molecule has 0 unspecified atom stereocenters. The summed E-state index contributed by atoms with van der Waals surface area (Å²) in [5, 5.41) is 5.14. The van der Waals surface area contributed by atoms with Crippen LogP contribution in [-0.2, 0) is 4.57 Å². The normalized spacial score (nSPS) is 22.3. The van der Waals surface area contributed by atoms with Gasteiger partial charge in [-0.3, -0.25) is 9.24 Å². The van der Waals surface area contributed by atoms with Gasteiger partial charge in [0.2, 0.25) is 7.29 Å². The van der Waals surface area contributed by atoms with E-state index >= 15 is 0 Å². The molecule has 1 N–H and O–H groups in total. The largest absolute Gasteiger partial charge is 0.346 e. The molecule has 1 fully saturated rings. The van der Waals surface area contributed by atoms with Crippen LogP contribution in [0, 0.1) is 0 Å². The second-order valence-corrected chi connectivity index (χ2v) is 9.51. The Morgan fingerprint density at radius 1 is 0.885 bits per heavy atom. The van der Waals surface area contributed by atoms with Crippen LogP contribution in [0.1, 0.15) is 11.3 Å². The summed E-state index contributed by atoms with van der Waals surface area (Å²) in [6.07, 6.45) is 0. The molecular formula is C20H16ClN2OPS. The summed E-state index contributed by atoms with van der Waals surface area (Å²) in [5.74, 6) is -0.435. The van der Waals surface area contributed by atoms with E-state index in [0.717, 1.165) is 16.6 Å². The Labute approximate surface area is 163 Å². The molecule has 1 aliphatic heterocycles. The molecule has 2 atom stereocenters. The Bertz CT molecular complexity index is 980. The number of para-hydroxylation sites is 1. The maximum atomic E-state index is 14.5. The molecule has 0 aliphatic carbocycles. The van der Waals surface area contributed by atoms with E-state index in [4.69, 9.17) is 23.8 Å². The molecular weight excluding hydrogens is 383 g/mol. The van der Waals surface area contributed by atoms with Crippen molar-refractivity contribution in [3.63, 3.8) is 0 Å². The van der Waals surface area contributed by atoms with Crippen molar-refractivity contribution in [3.8, 4) is 0 Å². The Kier molecular flexibility index (Phi) is 4.58. The second kappa shape index (κ2) is 6.88. The van der Waals surface area contributed by atoms with Gasteiger partial charge < -0.3 is 5.32 Å². The first-order valence-corrected chi connectivity index (χ1v) is 10.7. The van der Waals surface area contributed by atoms with Crippen LogP contribution in [0.5, 0.6) is 0 Å². The summed E-state index contributed by atoms with van der Waals surface area (Å²) in [6, 6.07) is 26.5. The van der Waals surface area contributed by atoms with Gasteiger partial charge >= 0.3 is 0 Å². The van der Waals surface area contributed by atoms with Crippen molar-refractivity contribution < 1.29 is 4.57 Å². The summed E-state index contributed by atoms with van der Waals surface area (Å²) in [6.45, 7) is 0. The van der Waals surface area contributed by atoms with Crippen LogP contribution in [0.3, 0.4) is 0 Å². The number of rotatable bonds is 3. The van der Waals surface area contributed by atoms with E-state index in [2.05, 4.69) is 5.32 Å². The van der Waals surface area contributed by atoms with E-state index < -0.39 is 13.1 Å². The number of benzene rings is 3. The Hall–Kier alpha value is -2.13. The van der Waals surface area contributed by atoms with E-state index in [0.29, 0.717) is 10.1 Å². The molecule has 3 aromatic carbocycles. The molecule has 1 aliphatic rings. The SMILES string of the molecule is O=[P@]1(c2ccccc2)[C@H](c2ccc(Cl)cc2)NC(=S)N1c1ccccc1. The Morgan fingerprint density at radius 2 is 1.46 bits per heavy atom. The van der Waals surface area contributed by atoms with Crippen LogP contribution in [0.15, 0.2) is 84.9 Å². The first-order valence-electron chi connectivity index (χ1n) is 8.17. The van der Waals surface area contributed by atoms with E-state index in [1.165, 1.54) is 0 Å². The van der Waals surface area contributed by atoms with Crippen LogP contribution < -0.4 is 15.3 Å². The predicted octanol–water partition coefficient (Wildman–Crippen LogP) is 5.34. The number of anilines is 1. The van der Waals surface area contributed by atoms with Gasteiger partial charge in [-0.25, -0.2) is 0 Å². The molecule has 3 aromatic rings. The fourth-order valence-electron chi connectivity index (χ4n) is 3.21. The van der Waals surface area contributed by atoms with Crippen molar-refractivity contribution in [1.29, 1.82) is 0 Å². The van der Waals surface area contributed by atoms with E-state index in [1.807, 2.05) is 84.9 Å². The molecule has 6 heteroatoms. The quantitative estimate of drug-likeness (QED) is 0.477. The van der Waals surface area contributed by atoms with Gasteiger partial charge in [0, 0.05) is 10.3 Å². The molecule has 3 nitrogen and oxygen atoms in total. The van der Waals surface area contributed by atoms with Crippen molar-refractivity contribution in [2.45, 2.75) is 5.78 Å². The topological polar surface area (TPSA) is 32.3 Å². The summed E-state index contributed by atoms with van der Waals surface area (Å²) < 4.78 is 16.3. The lowest BCUT2D eigenvalue weighted by Crippen LogP contribution is -2.27. The lowest BCUT2D eigenvalue weighted by molar-refractivity contribution is 0.574. The second-order valence-electron chi connectivity index (χ2n) is 6.01. The summed E-state index contributed by atoms with van der Waals surface area (Å²) in [7, 11) is -3.12. The zero-order valence-electron chi connectivity index (χ0n) is 13.7. The zero-order valence-corrected chi connectivity index (χ0v) is 16.2. The molecule has 0 aromatic heterocycles. The number of halogens is 1. The van der Waals surface area contributed by atoms with Crippen molar-refractivity contribution in [2.24, 2.45) is 0 Å². The Morgan fingerprint density at radius 3 is 2.08 bits per heavy atom.